The highest BCUT2D eigenvalue weighted by Gasteiger charge is 2.13. The second-order valence-electron chi connectivity index (χ2n) is 3.79. The number of carbonyl (C=O) groups excluding carboxylic acids is 1. The van der Waals surface area contributed by atoms with E-state index in [-0.39, 0.29) is 15.6 Å². The van der Waals surface area contributed by atoms with E-state index >= 15 is 0 Å². The monoisotopic (exact) mass is 313 g/mol. The average molecular weight is 313 g/mol. The molecular weight excluding hydrogens is 302 g/mol. The number of nitrogen functional groups attached to an aromatic ring is 1. The number of anilines is 3. The number of carbonyl (C=O) groups is 1. The highest BCUT2D eigenvalue weighted by molar-refractivity contribution is 7.89. The van der Waals surface area contributed by atoms with Crippen molar-refractivity contribution >= 4 is 43.9 Å². The van der Waals surface area contributed by atoms with Gasteiger partial charge in [0.2, 0.25) is 10.0 Å². The molecule has 8 nitrogen and oxygen atoms in total. The first-order valence-electron chi connectivity index (χ1n) is 5.23. The Hall–Kier alpha value is -2.17. The van der Waals surface area contributed by atoms with Crippen molar-refractivity contribution in [3.63, 3.8) is 0 Å². The molecule has 0 spiro atoms. The summed E-state index contributed by atoms with van der Waals surface area (Å²) in [5.74, 6) is -0.608. The Morgan fingerprint density at radius 3 is 2.30 bits per heavy atom. The van der Waals surface area contributed by atoms with E-state index < -0.39 is 15.9 Å². The molecule has 1 amide bonds. The number of nitrogens with two attached hydrogens (primary N) is 3. The minimum Gasteiger partial charge on any atom is -0.382 e. The van der Waals surface area contributed by atoms with Gasteiger partial charge in [-0.15, -0.1) is 0 Å². The first-order chi connectivity index (χ1) is 9.27. The Morgan fingerprint density at radius 2 is 1.85 bits per heavy atom. The van der Waals surface area contributed by atoms with Crippen LogP contribution in [0.2, 0.25) is 0 Å². The normalized spacial score (nSPS) is 11.2. The summed E-state index contributed by atoms with van der Waals surface area (Å²) in [6.45, 7) is 0. The molecule has 106 valence electrons. The number of sulfonamides is 1. The maximum absolute atomic E-state index is 11.1. The van der Waals surface area contributed by atoms with Gasteiger partial charge in [-0.3, -0.25) is 4.79 Å². The molecule has 2 rings (SSSR count). The predicted octanol–water partition coefficient (Wildman–Crippen LogP) is 0.215. The number of primary amides is 1. The van der Waals surface area contributed by atoms with Crippen LogP contribution in [0.25, 0.3) is 0 Å². The summed E-state index contributed by atoms with van der Waals surface area (Å²) in [5, 5.41) is 8.25. The van der Waals surface area contributed by atoms with Crippen molar-refractivity contribution in [3.8, 4) is 0 Å². The molecular formula is C10H11N5O3S2. The van der Waals surface area contributed by atoms with Gasteiger partial charge in [-0.1, -0.05) is 11.3 Å². The van der Waals surface area contributed by atoms with E-state index in [0.29, 0.717) is 10.8 Å². The molecule has 1 aromatic heterocycles. The van der Waals surface area contributed by atoms with E-state index in [4.69, 9.17) is 16.6 Å². The van der Waals surface area contributed by atoms with Crippen LogP contribution in [-0.4, -0.2) is 19.3 Å². The molecule has 0 saturated heterocycles. The number of aromatic nitrogens is 1. The lowest BCUT2D eigenvalue weighted by Crippen LogP contribution is -2.11. The van der Waals surface area contributed by atoms with Crippen molar-refractivity contribution in [3.05, 3.63) is 29.1 Å². The topological polar surface area (TPSA) is 154 Å². The Balaban J connectivity index is 2.22. The van der Waals surface area contributed by atoms with Crippen LogP contribution in [0, 0.1) is 0 Å². The van der Waals surface area contributed by atoms with Gasteiger partial charge >= 0.3 is 0 Å². The molecule has 0 aliphatic carbocycles. The zero-order valence-electron chi connectivity index (χ0n) is 10.0. The molecule has 0 bridgehead atoms. The van der Waals surface area contributed by atoms with Crippen molar-refractivity contribution in [2.24, 2.45) is 10.9 Å². The fraction of sp³-hybridized carbons (Fsp3) is 0. The number of nitrogens with zero attached hydrogens (tertiary/aromatic N) is 1. The minimum absolute atomic E-state index is 0.000437. The smallest absolute Gasteiger partial charge is 0.262 e. The number of amides is 1. The van der Waals surface area contributed by atoms with E-state index in [0.717, 1.165) is 11.3 Å². The lowest BCUT2D eigenvalue weighted by atomic mass is 10.3. The second kappa shape index (κ2) is 5.07. The van der Waals surface area contributed by atoms with Crippen molar-refractivity contribution in [1.82, 2.24) is 4.98 Å². The van der Waals surface area contributed by atoms with Gasteiger partial charge in [0.15, 0.2) is 5.13 Å². The Morgan fingerprint density at radius 1 is 1.25 bits per heavy atom. The molecule has 0 fully saturated rings. The van der Waals surface area contributed by atoms with Crippen LogP contribution in [0.1, 0.15) is 9.67 Å². The van der Waals surface area contributed by atoms with Crippen LogP contribution in [0.4, 0.5) is 16.6 Å². The molecule has 0 radical (unpaired) electrons. The van der Waals surface area contributed by atoms with E-state index in [1.165, 1.54) is 24.3 Å². The summed E-state index contributed by atoms with van der Waals surface area (Å²) in [6.07, 6.45) is 0. The minimum atomic E-state index is -3.73. The van der Waals surface area contributed by atoms with Gasteiger partial charge in [0, 0.05) is 5.69 Å². The standard InChI is InChI=1S/C10H11N5O3S2/c11-8-7(9(12)16)19-10(15-8)14-5-1-3-6(4-2-5)20(13,17)18/h1-4H,11H2,(H2,12,16)(H,14,15)(H2,13,17,18). The van der Waals surface area contributed by atoms with E-state index in [2.05, 4.69) is 10.3 Å². The zero-order valence-corrected chi connectivity index (χ0v) is 11.7. The lowest BCUT2D eigenvalue weighted by Gasteiger charge is -2.03. The summed E-state index contributed by atoms with van der Waals surface area (Å²) in [5.41, 5.74) is 11.2. The Labute approximate surface area is 118 Å². The third-order valence-corrected chi connectivity index (χ3v) is 4.24. The van der Waals surface area contributed by atoms with Crippen molar-refractivity contribution in [2.75, 3.05) is 11.1 Å². The highest BCUT2D eigenvalue weighted by Crippen LogP contribution is 2.27. The Kier molecular flexibility index (Phi) is 3.61. The molecule has 7 N–H and O–H groups in total. The van der Waals surface area contributed by atoms with Crippen molar-refractivity contribution in [1.29, 1.82) is 0 Å². The molecule has 10 heteroatoms. The summed E-state index contributed by atoms with van der Waals surface area (Å²) < 4.78 is 22.2. The fourth-order valence-electron chi connectivity index (χ4n) is 1.41. The number of benzene rings is 1. The molecule has 0 aliphatic heterocycles. The van der Waals surface area contributed by atoms with Crippen molar-refractivity contribution < 1.29 is 13.2 Å². The molecule has 0 aliphatic rings. The van der Waals surface area contributed by atoms with Gasteiger partial charge in [0.25, 0.3) is 5.91 Å². The van der Waals surface area contributed by atoms with E-state index in [1.54, 1.807) is 0 Å². The second-order valence-corrected chi connectivity index (χ2v) is 6.35. The van der Waals surface area contributed by atoms with Crippen LogP contribution in [0.5, 0.6) is 0 Å². The third kappa shape index (κ3) is 3.04. The predicted molar refractivity (Wildman–Crippen MR) is 76.1 cm³/mol. The maximum Gasteiger partial charge on any atom is 0.262 e. The first kappa shape index (κ1) is 14.2. The third-order valence-electron chi connectivity index (χ3n) is 2.31. The number of rotatable bonds is 4. The number of hydrogen-bond acceptors (Lipinski definition) is 7. The SMILES string of the molecule is NC(=O)c1sc(Nc2ccc(S(N)(=O)=O)cc2)nc1N. The molecule has 0 atom stereocenters. The number of thiazole rings is 1. The molecule has 1 heterocycles. The Bertz CT molecular complexity index is 752. The van der Waals surface area contributed by atoms with Gasteiger partial charge in [0.1, 0.15) is 10.7 Å². The average Bonchev–Trinajstić information content (AvgIpc) is 2.70. The number of primary sulfonamides is 1. The number of nitrogens with one attached hydrogen (secondary N) is 1. The largest absolute Gasteiger partial charge is 0.382 e. The van der Waals surface area contributed by atoms with Crippen LogP contribution in [-0.2, 0) is 10.0 Å². The number of hydrogen-bond donors (Lipinski definition) is 4. The first-order valence-corrected chi connectivity index (χ1v) is 7.59. The summed E-state index contributed by atoms with van der Waals surface area (Å²) in [7, 11) is -3.73. The van der Waals surface area contributed by atoms with Gasteiger partial charge < -0.3 is 16.8 Å². The van der Waals surface area contributed by atoms with Gasteiger partial charge in [-0.05, 0) is 24.3 Å². The summed E-state index contributed by atoms with van der Waals surface area (Å²) >= 11 is 1.01. The van der Waals surface area contributed by atoms with Crippen LogP contribution in [0.3, 0.4) is 0 Å². The van der Waals surface area contributed by atoms with Crippen LogP contribution < -0.4 is 21.9 Å². The van der Waals surface area contributed by atoms with Crippen LogP contribution in [0.15, 0.2) is 29.2 Å². The molecule has 20 heavy (non-hydrogen) atoms. The quantitative estimate of drug-likeness (QED) is 0.632. The molecule has 0 unspecified atom stereocenters. The van der Waals surface area contributed by atoms with Crippen molar-refractivity contribution in [2.45, 2.75) is 4.90 Å². The molecule has 0 saturated carbocycles. The van der Waals surface area contributed by atoms with E-state index in [9.17, 15) is 13.2 Å². The lowest BCUT2D eigenvalue weighted by molar-refractivity contribution is 0.100. The fourth-order valence-corrected chi connectivity index (χ4v) is 2.69. The summed E-state index contributed by atoms with van der Waals surface area (Å²) in [4.78, 5) is 15.1. The highest BCUT2D eigenvalue weighted by atomic mass is 32.2. The molecule has 2 aromatic rings. The summed E-state index contributed by atoms with van der Waals surface area (Å²) in [6, 6.07) is 5.73. The van der Waals surface area contributed by atoms with Gasteiger partial charge in [-0.2, -0.15) is 0 Å². The maximum atomic E-state index is 11.1. The molecule has 1 aromatic carbocycles. The van der Waals surface area contributed by atoms with E-state index in [1.807, 2.05) is 0 Å². The zero-order chi connectivity index (χ0) is 14.9. The van der Waals surface area contributed by atoms with Gasteiger partial charge in [-0.25, -0.2) is 18.5 Å². The van der Waals surface area contributed by atoms with Crippen LogP contribution >= 0.6 is 11.3 Å². The van der Waals surface area contributed by atoms with Gasteiger partial charge in [0.05, 0.1) is 4.90 Å².